The van der Waals surface area contributed by atoms with Gasteiger partial charge in [-0.2, -0.15) is 0 Å². The Bertz CT molecular complexity index is 424. The molecule has 1 aliphatic carbocycles. The van der Waals surface area contributed by atoms with Gasteiger partial charge in [0.1, 0.15) is 0 Å². The third-order valence-electron chi connectivity index (χ3n) is 2.79. The molecular formula is C12H11ClO2. The van der Waals surface area contributed by atoms with E-state index in [0.717, 1.165) is 19.3 Å². The lowest BCUT2D eigenvalue weighted by atomic mass is 9.90. The third kappa shape index (κ3) is 2.10. The maximum Gasteiger partial charge on any atom is 0.293 e. The second kappa shape index (κ2) is 4.15. The van der Waals surface area contributed by atoms with E-state index in [1.54, 1.807) is 12.1 Å². The van der Waals surface area contributed by atoms with Crippen LogP contribution in [0.25, 0.3) is 0 Å². The number of hydrogen-bond donors (Lipinski definition) is 0. The molecule has 0 saturated carbocycles. The molecule has 78 valence electrons. The van der Waals surface area contributed by atoms with Gasteiger partial charge in [0.2, 0.25) is 5.78 Å². The summed E-state index contributed by atoms with van der Waals surface area (Å²) in [5.74, 6) is -0.606. The van der Waals surface area contributed by atoms with Gasteiger partial charge in [-0.05, 0) is 54.5 Å². The Labute approximate surface area is 93.2 Å². The smallest absolute Gasteiger partial charge is 0.284 e. The first-order valence-electron chi connectivity index (χ1n) is 5.04. The Balaban J connectivity index is 2.36. The predicted molar refractivity (Wildman–Crippen MR) is 58.3 cm³/mol. The molecule has 0 unspecified atom stereocenters. The maximum absolute atomic E-state index is 11.3. The molecule has 0 atom stereocenters. The normalized spacial score (nSPS) is 14.5. The summed E-state index contributed by atoms with van der Waals surface area (Å²) >= 11 is 5.16. The van der Waals surface area contributed by atoms with E-state index in [-0.39, 0.29) is 0 Å². The first-order chi connectivity index (χ1) is 7.18. The summed E-state index contributed by atoms with van der Waals surface area (Å²) in [6.07, 6.45) is 4.42. The van der Waals surface area contributed by atoms with Gasteiger partial charge in [0.15, 0.2) is 0 Å². The molecule has 2 rings (SSSR count). The van der Waals surface area contributed by atoms with Gasteiger partial charge in [-0.3, -0.25) is 9.59 Å². The average Bonchev–Trinajstić information content (AvgIpc) is 2.27. The second-order valence-electron chi connectivity index (χ2n) is 3.79. The van der Waals surface area contributed by atoms with Crippen molar-refractivity contribution in [3.8, 4) is 0 Å². The van der Waals surface area contributed by atoms with E-state index in [1.807, 2.05) is 6.07 Å². The molecule has 0 heterocycles. The molecule has 0 saturated heterocycles. The number of carbonyl (C=O) groups excluding carboxylic acids is 2. The maximum atomic E-state index is 11.3. The van der Waals surface area contributed by atoms with Gasteiger partial charge in [-0.15, -0.1) is 0 Å². The van der Waals surface area contributed by atoms with Crippen molar-refractivity contribution in [1.82, 2.24) is 0 Å². The molecule has 0 aromatic heterocycles. The number of carbonyl (C=O) groups is 2. The summed E-state index contributed by atoms with van der Waals surface area (Å²) in [6.45, 7) is 0. The zero-order valence-electron chi connectivity index (χ0n) is 8.25. The van der Waals surface area contributed by atoms with Gasteiger partial charge in [-0.1, -0.05) is 12.1 Å². The van der Waals surface area contributed by atoms with Gasteiger partial charge >= 0.3 is 0 Å². The van der Waals surface area contributed by atoms with Crippen LogP contribution in [0.5, 0.6) is 0 Å². The van der Waals surface area contributed by atoms with E-state index >= 15 is 0 Å². The number of Topliss-reactive ketones (excluding diaryl/α,β-unsaturated/α-hetero) is 1. The predicted octanol–water partition coefficient (Wildman–Crippen LogP) is 2.51. The van der Waals surface area contributed by atoms with Crippen LogP contribution in [0.15, 0.2) is 18.2 Å². The minimum absolute atomic E-state index is 0.413. The van der Waals surface area contributed by atoms with Gasteiger partial charge in [0.25, 0.3) is 5.24 Å². The molecule has 15 heavy (non-hydrogen) atoms. The van der Waals surface area contributed by atoms with E-state index < -0.39 is 11.0 Å². The van der Waals surface area contributed by atoms with Crippen molar-refractivity contribution in [3.63, 3.8) is 0 Å². The number of benzene rings is 1. The van der Waals surface area contributed by atoms with E-state index in [9.17, 15) is 9.59 Å². The molecule has 0 amide bonds. The number of aryl methyl sites for hydroxylation is 2. The summed E-state index contributed by atoms with van der Waals surface area (Å²) < 4.78 is 0. The molecule has 0 fully saturated rings. The summed E-state index contributed by atoms with van der Waals surface area (Å²) in [4.78, 5) is 22.1. The van der Waals surface area contributed by atoms with Crippen molar-refractivity contribution in [3.05, 3.63) is 34.9 Å². The third-order valence-corrected chi connectivity index (χ3v) is 2.96. The number of hydrogen-bond acceptors (Lipinski definition) is 2. The van der Waals surface area contributed by atoms with Crippen molar-refractivity contribution in [2.45, 2.75) is 25.7 Å². The van der Waals surface area contributed by atoms with E-state index in [0.29, 0.717) is 5.56 Å². The van der Waals surface area contributed by atoms with E-state index in [1.165, 1.54) is 17.5 Å². The molecular weight excluding hydrogens is 212 g/mol. The minimum atomic E-state index is -0.911. The number of halogens is 1. The Kier molecular flexibility index (Phi) is 2.87. The molecule has 0 bridgehead atoms. The fourth-order valence-electron chi connectivity index (χ4n) is 1.99. The lowest BCUT2D eigenvalue weighted by Crippen LogP contribution is -2.10. The van der Waals surface area contributed by atoms with Crippen molar-refractivity contribution >= 4 is 22.6 Å². The standard InChI is InChI=1S/C12H11ClO2/c13-12(15)11(14)10-6-5-8-3-1-2-4-9(8)7-10/h5-7H,1-4H2. The number of ketones is 1. The SMILES string of the molecule is O=C(Cl)C(=O)c1ccc2c(c1)CCCC2. The second-order valence-corrected chi connectivity index (χ2v) is 4.14. The fraction of sp³-hybridized carbons (Fsp3) is 0.333. The van der Waals surface area contributed by atoms with Gasteiger partial charge in [0, 0.05) is 5.56 Å². The Hall–Kier alpha value is -1.15. The van der Waals surface area contributed by atoms with Gasteiger partial charge in [0.05, 0.1) is 0 Å². The minimum Gasteiger partial charge on any atom is -0.284 e. The highest BCUT2D eigenvalue weighted by molar-refractivity contribution is 6.83. The molecule has 0 radical (unpaired) electrons. The van der Waals surface area contributed by atoms with Gasteiger partial charge in [-0.25, -0.2) is 0 Å². The van der Waals surface area contributed by atoms with Crippen LogP contribution in [0, 0.1) is 0 Å². The topological polar surface area (TPSA) is 34.1 Å². The molecule has 0 spiro atoms. The lowest BCUT2D eigenvalue weighted by Gasteiger charge is -2.15. The molecule has 3 heteroatoms. The zero-order valence-corrected chi connectivity index (χ0v) is 9.01. The van der Waals surface area contributed by atoms with Crippen LogP contribution >= 0.6 is 11.6 Å². The van der Waals surface area contributed by atoms with Crippen molar-refractivity contribution in [2.75, 3.05) is 0 Å². The van der Waals surface area contributed by atoms with Crippen LogP contribution in [-0.4, -0.2) is 11.0 Å². The highest BCUT2D eigenvalue weighted by atomic mass is 35.5. The summed E-state index contributed by atoms with van der Waals surface area (Å²) in [7, 11) is 0. The number of fused-ring (bicyclic) bond motifs is 1. The molecule has 1 aliphatic rings. The summed E-state index contributed by atoms with van der Waals surface area (Å²) in [5.41, 5.74) is 2.89. The first-order valence-corrected chi connectivity index (χ1v) is 5.42. The highest BCUT2D eigenvalue weighted by Gasteiger charge is 2.16. The lowest BCUT2D eigenvalue weighted by molar-refractivity contribution is -0.108. The number of rotatable bonds is 2. The molecule has 0 aliphatic heterocycles. The van der Waals surface area contributed by atoms with Crippen LogP contribution in [0.2, 0.25) is 0 Å². The quantitative estimate of drug-likeness (QED) is 0.438. The molecule has 2 nitrogen and oxygen atoms in total. The molecule has 1 aromatic rings. The van der Waals surface area contributed by atoms with Crippen molar-refractivity contribution in [1.29, 1.82) is 0 Å². The van der Waals surface area contributed by atoms with Crippen molar-refractivity contribution < 1.29 is 9.59 Å². The zero-order chi connectivity index (χ0) is 10.8. The van der Waals surface area contributed by atoms with Crippen molar-refractivity contribution in [2.24, 2.45) is 0 Å². The van der Waals surface area contributed by atoms with Gasteiger partial charge < -0.3 is 0 Å². The van der Waals surface area contributed by atoms with Crippen LogP contribution in [0.3, 0.4) is 0 Å². The van der Waals surface area contributed by atoms with E-state index in [4.69, 9.17) is 11.6 Å². The Morgan fingerprint density at radius 2 is 1.73 bits per heavy atom. The van der Waals surface area contributed by atoms with E-state index in [2.05, 4.69) is 0 Å². The molecule has 1 aromatic carbocycles. The average molecular weight is 223 g/mol. The fourth-order valence-corrected chi connectivity index (χ4v) is 2.10. The molecule has 0 N–H and O–H groups in total. The van der Waals surface area contributed by atoms with Crippen LogP contribution in [0.1, 0.15) is 34.3 Å². The first kappa shape index (κ1) is 10.4. The largest absolute Gasteiger partial charge is 0.293 e. The Morgan fingerprint density at radius 1 is 1.07 bits per heavy atom. The Morgan fingerprint density at radius 3 is 2.40 bits per heavy atom. The van der Waals surface area contributed by atoms with Crippen LogP contribution < -0.4 is 0 Å². The highest BCUT2D eigenvalue weighted by Crippen LogP contribution is 2.22. The summed E-state index contributed by atoms with van der Waals surface area (Å²) in [5, 5.41) is -0.911. The van der Waals surface area contributed by atoms with Crippen LogP contribution in [0.4, 0.5) is 0 Å². The summed E-state index contributed by atoms with van der Waals surface area (Å²) in [6, 6.07) is 5.42. The monoisotopic (exact) mass is 222 g/mol. The van der Waals surface area contributed by atoms with Crippen LogP contribution in [-0.2, 0) is 17.6 Å².